The Bertz CT molecular complexity index is 3180. The lowest BCUT2D eigenvalue weighted by Crippen LogP contribution is -1.95. The third kappa shape index (κ3) is 4.46. The van der Waals surface area contributed by atoms with E-state index >= 15 is 0 Å². The average molecular weight is 666 g/mol. The quantitative estimate of drug-likeness (QED) is 0.175. The molecule has 4 aromatic heterocycles. The van der Waals surface area contributed by atoms with Gasteiger partial charge in [-0.15, -0.1) is 0 Å². The topological polar surface area (TPSA) is 65.0 Å². The van der Waals surface area contributed by atoms with Gasteiger partial charge in [-0.3, -0.25) is 0 Å². The summed E-state index contributed by atoms with van der Waals surface area (Å²) in [6.45, 7) is 0. The van der Waals surface area contributed by atoms with Crippen LogP contribution in [0.2, 0.25) is 0 Å². The highest BCUT2D eigenvalue weighted by Crippen LogP contribution is 2.42. The first-order chi connectivity index (χ1) is 25.7. The van der Waals surface area contributed by atoms with Crippen molar-refractivity contribution in [3.8, 4) is 45.2 Å². The van der Waals surface area contributed by atoms with Gasteiger partial charge in [0.15, 0.2) is 5.82 Å². The van der Waals surface area contributed by atoms with E-state index in [-0.39, 0.29) is 0 Å². The number of hydrogen-bond acceptors (Lipinski definition) is 5. The molecular weight excluding hydrogens is 639 g/mol. The van der Waals surface area contributed by atoms with Crippen molar-refractivity contribution in [1.82, 2.24) is 15.0 Å². The maximum atomic E-state index is 6.53. The first kappa shape index (κ1) is 28.7. The predicted molar refractivity (Wildman–Crippen MR) is 211 cm³/mol. The van der Waals surface area contributed by atoms with Crippen LogP contribution in [0.1, 0.15) is 0 Å². The van der Waals surface area contributed by atoms with Crippen LogP contribution in [0.3, 0.4) is 0 Å². The molecule has 5 nitrogen and oxygen atoms in total. The molecule has 4 heterocycles. The van der Waals surface area contributed by atoms with Gasteiger partial charge in [0.1, 0.15) is 22.3 Å². The van der Waals surface area contributed by atoms with E-state index in [2.05, 4.69) is 103 Å². The Hall–Kier alpha value is -7.11. The van der Waals surface area contributed by atoms with Crippen LogP contribution in [-0.4, -0.2) is 15.0 Å². The highest BCUT2D eigenvalue weighted by molar-refractivity contribution is 6.28. The number of furan rings is 2. The molecule has 0 aliphatic rings. The number of para-hydroxylation sites is 2. The number of aromatic nitrogens is 3. The largest absolute Gasteiger partial charge is 0.456 e. The van der Waals surface area contributed by atoms with E-state index in [1.807, 2.05) is 60.7 Å². The minimum Gasteiger partial charge on any atom is -0.456 e. The Morgan fingerprint density at radius 3 is 1.75 bits per heavy atom. The van der Waals surface area contributed by atoms with Crippen LogP contribution in [0.25, 0.3) is 111 Å². The highest BCUT2D eigenvalue weighted by atomic mass is 16.3. The zero-order valence-corrected chi connectivity index (χ0v) is 27.7. The number of pyridine rings is 1. The number of fused-ring (bicyclic) bond motifs is 10. The van der Waals surface area contributed by atoms with Crippen molar-refractivity contribution >= 4 is 65.6 Å². The van der Waals surface area contributed by atoms with Crippen LogP contribution >= 0.6 is 0 Å². The molecule has 0 unspecified atom stereocenters. The van der Waals surface area contributed by atoms with E-state index < -0.39 is 0 Å². The molecule has 0 radical (unpaired) electrons. The second-order valence-corrected chi connectivity index (χ2v) is 13.2. The third-order valence-electron chi connectivity index (χ3n) is 10.1. The normalized spacial score (nSPS) is 11.8. The smallest absolute Gasteiger partial charge is 0.160 e. The average Bonchev–Trinajstić information content (AvgIpc) is 3.78. The summed E-state index contributed by atoms with van der Waals surface area (Å²) < 4.78 is 12.8. The molecule has 0 aliphatic heterocycles. The molecule has 0 spiro atoms. The Morgan fingerprint density at radius 2 is 0.923 bits per heavy atom. The number of rotatable bonds is 4. The van der Waals surface area contributed by atoms with Crippen molar-refractivity contribution in [2.24, 2.45) is 0 Å². The summed E-state index contributed by atoms with van der Waals surface area (Å²) in [4.78, 5) is 15.4. The summed E-state index contributed by atoms with van der Waals surface area (Å²) in [5.74, 6) is 0.657. The lowest BCUT2D eigenvalue weighted by atomic mass is 9.95. The molecule has 5 heteroatoms. The SMILES string of the molecule is c1ccc(-c2nc(-c3ccc4c(c3)oc3ccccc34)cc(-c3ccc4oc5ccc6c(-c7ccccc7)nc7ccccc7c6c5c4c3)n2)cc1. The molecule has 0 fully saturated rings. The van der Waals surface area contributed by atoms with Crippen LogP contribution in [0.15, 0.2) is 173 Å². The molecule has 7 aromatic carbocycles. The molecule has 11 rings (SSSR count). The van der Waals surface area contributed by atoms with Crippen molar-refractivity contribution in [3.63, 3.8) is 0 Å². The summed E-state index contributed by atoms with van der Waals surface area (Å²) in [5.41, 5.74) is 10.9. The van der Waals surface area contributed by atoms with Gasteiger partial charge in [-0.1, -0.05) is 103 Å². The Labute approximate surface area is 297 Å². The summed E-state index contributed by atoms with van der Waals surface area (Å²) in [7, 11) is 0. The van der Waals surface area contributed by atoms with Gasteiger partial charge in [0.25, 0.3) is 0 Å². The standard InChI is InChI=1S/C47H27N3O2/c1-3-11-28(12-4-1)46-35-22-24-42-45(44(35)34-16-7-9-17-37(34)48-46)36-25-30(20-23-41(36)51-42)38-27-39(50-47(49-38)29-13-5-2-6-14-29)31-19-21-33-32-15-8-10-18-40(32)52-43(33)26-31/h1-27H. The number of hydrogen-bond donors (Lipinski definition) is 0. The van der Waals surface area contributed by atoms with E-state index in [1.54, 1.807) is 0 Å². The minimum absolute atomic E-state index is 0.657. The summed E-state index contributed by atoms with van der Waals surface area (Å²) in [6.07, 6.45) is 0. The molecule has 0 saturated heterocycles. The lowest BCUT2D eigenvalue weighted by molar-refractivity contribution is 0.668. The Kier molecular flexibility index (Phi) is 6.18. The van der Waals surface area contributed by atoms with Crippen molar-refractivity contribution in [2.75, 3.05) is 0 Å². The molecule has 0 bridgehead atoms. The Morgan fingerprint density at radius 1 is 0.327 bits per heavy atom. The van der Waals surface area contributed by atoms with Crippen LogP contribution < -0.4 is 0 Å². The summed E-state index contributed by atoms with van der Waals surface area (Å²) in [5, 5.41) is 7.58. The van der Waals surface area contributed by atoms with E-state index in [0.29, 0.717) is 5.82 Å². The fraction of sp³-hybridized carbons (Fsp3) is 0. The molecule has 52 heavy (non-hydrogen) atoms. The molecule has 11 aromatic rings. The van der Waals surface area contributed by atoms with Gasteiger partial charge in [-0.25, -0.2) is 15.0 Å². The summed E-state index contributed by atoms with van der Waals surface area (Å²) >= 11 is 0. The zero-order chi connectivity index (χ0) is 34.2. The second-order valence-electron chi connectivity index (χ2n) is 13.2. The molecule has 0 aliphatic carbocycles. The first-order valence-corrected chi connectivity index (χ1v) is 17.3. The maximum Gasteiger partial charge on any atom is 0.160 e. The van der Waals surface area contributed by atoms with Gasteiger partial charge in [0.2, 0.25) is 0 Å². The van der Waals surface area contributed by atoms with Gasteiger partial charge in [-0.2, -0.15) is 0 Å². The van der Waals surface area contributed by atoms with Crippen molar-refractivity contribution in [1.29, 1.82) is 0 Å². The summed E-state index contributed by atoms with van der Waals surface area (Å²) in [6, 6.07) is 56.0. The zero-order valence-electron chi connectivity index (χ0n) is 27.7. The predicted octanol–water partition coefficient (Wildman–Crippen LogP) is 12.6. The van der Waals surface area contributed by atoms with E-state index in [0.717, 1.165) is 105 Å². The molecule has 0 N–H and O–H groups in total. The Balaban J connectivity index is 1.15. The van der Waals surface area contributed by atoms with Gasteiger partial charge in [0.05, 0.1) is 22.6 Å². The van der Waals surface area contributed by atoms with Gasteiger partial charge in [0, 0.05) is 60.0 Å². The van der Waals surface area contributed by atoms with Crippen molar-refractivity contribution in [3.05, 3.63) is 164 Å². The lowest BCUT2D eigenvalue weighted by Gasteiger charge is -2.11. The van der Waals surface area contributed by atoms with Crippen LogP contribution in [0, 0.1) is 0 Å². The van der Waals surface area contributed by atoms with E-state index in [4.69, 9.17) is 23.8 Å². The highest BCUT2D eigenvalue weighted by Gasteiger charge is 2.19. The van der Waals surface area contributed by atoms with E-state index in [9.17, 15) is 0 Å². The first-order valence-electron chi connectivity index (χ1n) is 17.3. The number of nitrogens with zero attached hydrogens (tertiary/aromatic N) is 3. The molecular formula is C47H27N3O2. The maximum absolute atomic E-state index is 6.53. The molecule has 242 valence electrons. The van der Waals surface area contributed by atoms with Crippen LogP contribution in [-0.2, 0) is 0 Å². The monoisotopic (exact) mass is 665 g/mol. The van der Waals surface area contributed by atoms with Crippen LogP contribution in [0.4, 0.5) is 0 Å². The molecule has 0 amide bonds. The van der Waals surface area contributed by atoms with Crippen molar-refractivity contribution < 1.29 is 8.83 Å². The van der Waals surface area contributed by atoms with E-state index in [1.165, 1.54) is 0 Å². The fourth-order valence-corrected chi connectivity index (χ4v) is 7.63. The van der Waals surface area contributed by atoms with Gasteiger partial charge < -0.3 is 8.83 Å². The minimum atomic E-state index is 0.657. The molecule has 0 atom stereocenters. The van der Waals surface area contributed by atoms with Gasteiger partial charge >= 0.3 is 0 Å². The van der Waals surface area contributed by atoms with Crippen LogP contribution in [0.5, 0.6) is 0 Å². The van der Waals surface area contributed by atoms with Gasteiger partial charge in [-0.05, 0) is 60.7 Å². The second kappa shape index (κ2) is 11.2. The third-order valence-corrected chi connectivity index (χ3v) is 10.1. The molecule has 0 saturated carbocycles. The fourth-order valence-electron chi connectivity index (χ4n) is 7.63. The number of benzene rings is 7. The van der Waals surface area contributed by atoms with Crippen molar-refractivity contribution in [2.45, 2.75) is 0 Å².